The van der Waals surface area contributed by atoms with E-state index in [9.17, 15) is 4.79 Å². The number of nitrogens with one attached hydrogen (secondary N) is 2. The third-order valence-corrected chi connectivity index (χ3v) is 4.70. The van der Waals surface area contributed by atoms with E-state index in [0.717, 1.165) is 23.5 Å². The maximum atomic E-state index is 12.3. The van der Waals surface area contributed by atoms with Crippen LogP contribution in [0, 0.1) is 0 Å². The van der Waals surface area contributed by atoms with Crippen molar-refractivity contribution >= 4 is 39.6 Å². The molecular formula is C18H23N3O2S2. The number of carbonyl (C=O) groups excluding carboxylic acids is 1. The van der Waals surface area contributed by atoms with Crippen LogP contribution in [-0.2, 0) is 4.74 Å². The molecule has 7 heteroatoms. The fraction of sp³-hybridized carbons (Fsp3) is 0.333. The number of likely N-dealkylation sites (N-methyl/N-ethyl adjacent to an activating group) is 1. The fourth-order valence-corrected chi connectivity index (χ4v) is 3.45. The van der Waals surface area contributed by atoms with Crippen molar-refractivity contribution in [3.63, 3.8) is 0 Å². The summed E-state index contributed by atoms with van der Waals surface area (Å²) in [5, 5.41) is 7.46. The summed E-state index contributed by atoms with van der Waals surface area (Å²) in [6, 6.07) is 11.8. The lowest BCUT2D eigenvalue weighted by Gasteiger charge is -2.13. The van der Waals surface area contributed by atoms with E-state index in [1.165, 1.54) is 11.3 Å². The van der Waals surface area contributed by atoms with E-state index >= 15 is 0 Å². The van der Waals surface area contributed by atoms with Crippen LogP contribution in [0.15, 0.2) is 36.4 Å². The van der Waals surface area contributed by atoms with Gasteiger partial charge in [0.2, 0.25) is 0 Å². The van der Waals surface area contributed by atoms with Crippen LogP contribution in [0.25, 0.3) is 10.4 Å². The first-order chi connectivity index (χ1) is 12.0. The highest BCUT2D eigenvalue weighted by Gasteiger charge is 2.18. The Kier molecular flexibility index (Phi) is 7.36. The fourth-order valence-electron chi connectivity index (χ4n) is 2.13. The molecule has 0 radical (unpaired) electrons. The normalized spacial score (nSPS) is 10.6. The number of anilines is 1. The maximum absolute atomic E-state index is 12.3. The first kappa shape index (κ1) is 19.4. The Morgan fingerprint density at radius 2 is 2.00 bits per heavy atom. The molecule has 0 amide bonds. The number of carbonyl (C=O) groups is 1. The summed E-state index contributed by atoms with van der Waals surface area (Å²) in [5.41, 5.74) is 1.56. The van der Waals surface area contributed by atoms with Crippen molar-refractivity contribution in [1.82, 2.24) is 10.2 Å². The minimum atomic E-state index is -0.348. The number of ether oxygens (including phenoxy) is 1. The zero-order chi connectivity index (χ0) is 18.2. The number of hydrogen-bond donors (Lipinski definition) is 2. The second-order valence-corrected chi connectivity index (χ2v) is 7.08. The lowest BCUT2D eigenvalue weighted by Crippen LogP contribution is -2.34. The van der Waals surface area contributed by atoms with Gasteiger partial charge in [-0.05, 0) is 44.9 Å². The first-order valence-corrected chi connectivity index (χ1v) is 9.29. The molecule has 1 heterocycles. The van der Waals surface area contributed by atoms with E-state index in [4.69, 9.17) is 17.0 Å². The van der Waals surface area contributed by atoms with Crippen LogP contribution in [0.3, 0.4) is 0 Å². The minimum absolute atomic E-state index is 0.334. The Morgan fingerprint density at radius 1 is 1.28 bits per heavy atom. The van der Waals surface area contributed by atoms with Crippen molar-refractivity contribution in [2.75, 3.05) is 39.1 Å². The lowest BCUT2D eigenvalue weighted by molar-refractivity contribution is 0.0528. The molecular weight excluding hydrogens is 354 g/mol. The summed E-state index contributed by atoms with van der Waals surface area (Å²) in [4.78, 5) is 15.3. The van der Waals surface area contributed by atoms with Crippen LogP contribution in [0.4, 0.5) is 5.00 Å². The average molecular weight is 378 g/mol. The molecule has 0 bridgehead atoms. The molecule has 2 N–H and O–H groups in total. The largest absolute Gasteiger partial charge is 0.462 e. The van der Waals surface area contributed by atoms with E-state index in [2.05, 4.69) is 15.5 Å². The number of thiocarbonyl (C=S) groups is 1. The van der Waals surface area contributed by atoms with E-state index < -0.39 is 0 Å². The molecule has 0 aliphatic carbocycles. The molecule has 1 aromatic heterocycles. The van der Waals surface area contributed by atoms with Crippen LogP contribution in [0.1, 0.15) is 17.3 Å². The summed E-state index contributed by atoms with van der Waals surface area (Å²) in [6.07, 6.45) is 0. The van der Waals surface area contributed by atoms with Crippen molar-refractivity contribution in [3.05, 3.63) is 42.0 Å². The molecule has 25 heavy (non-hydrogen) atoms. The number of nitrogens with zero attached hydrogens (tertiary/aromatic N) is 1. The second-order valence-electron chi connectivity index (χ2n) is 5.62. The molecule has 134 valence electrons. The van der Waals surface area contributed by atoms with Gasteiger partial charge < -0.3 is 20.3 Å². The summed E-state index contributed by atoms with van der Waals surface area (Å²) in [5.74, 6) is -0.348. The van der Waals surface area contributed by atoms with Crippen molar-refractivity contribution in [3.8, 4) is 10.4 Å². The number of benzene rings is 1. The van der Waals surface area contributed by atoms with Gasteiger partial charge >= 0.3 is 5.97 Å². The Hall–Kier alpha value is -1.96. The SMILES string of the molecule is CCOC(=O)c1cc(-c2ccccc2)sc1NC(=S)NCCN(C)C. The summed E-state index contributed by atoms with van der Waals surface area (Å²) >= 11 is 6.82. The van der Waals surface area contributed by atoms with Gasteiger partial charge in [0.15, 0.2) is 5.11 Å². The second kappa shape index (κ2) is 9.50. The van der Waals surface area contributed by atoms with Crippen molar-refractivity contribution < 1.29 is 9.53 Å². The predicted octanol–water partition coefficient (Wildman–Crippen LogP) is 3.44. The Bertz CT molecular complexity index is 714. The van der Waals surface area contributed by atoms with Crippen LogP contribution in [0.2, 0.25) is 0 Å². The number of hydrogen-bond acceptors (Lipinski definition) is 5. The van der Waals surface area contributed by atoms with Crippen molar-refractivity contribution in [2.24, 2.45) is 0 Å². The van der Waals surface area contributed by atoms with Crippen LogP contribution in [-0.4, -0.2) is 49.8 Å². The minimum Gasteiger partial charge on any atom is -0.462 e. The molecule has 0 saturated heterocycles. The molecule has 0 spiro atoms. The van der Waals surface area contributed by atoms with Gasteiger partial charge in [0.25, 0.3) is 0 Å². The molecule has 0 saturated carbocycles. The van der Waals surface area contributed by atoms with Crippen molar-refractivity contribution in [2.45, 2.75) is 6.92 Å². The van der Waals surface area contributed by atoms with E-state index in [1.807, 2.05) is 50.5 Å². The molecule has 0 fully saturated rings. The Balaban J connectivity index is 2.18. The van der Waals surface area contributed by atoms with Gasteiger partial charge in [0.1, 0.15) is 5.00 Å². The quantitative estimate of drug-likeness (QED) is 0.569. The number of thiophene rings is 1. The van der Waals surface area contributed by atoms with Gasteiger partial charge in [-0.15, -0.1) is 11.3 Å². The summed E-state index contributed by atoms with van der Waals surface area (Å²) in [7, 11) is 4.00. The molecule has 5 nitrogen and oxygen atoms in total. The molecule has 1 aromatic carbocycles. The predicted molar refractivity (Wildman–Crippen MR) is 108 cm³/mol. The summed E-state index contributed by atoms with van der Waals surface area (Å²) < 4.78 is 5.17. The number of rotatable bonds is 7. The maximum Gasteiger partial charge on any atom is 0.341 e. The highest BCUT2D eigenvalue weighted by molar-refractivity contribution is 7.80. The van der Waals surface area contributed by atoms with Crippen LogP contribution >= 0.6 is 23.6 Å². The molecule has 0 aliphatic heterocycles. The third kappa shape index (κ3) is 5.81. The molecule has 0 unspecified atom stereocenters. The van der Waals surface area contributed by atoms with Crippen molar-refractivity contribution in [1.29, 1.82) is 0 Å². The molecule has 2 rings (SSSR count). The highest BCUT2D eigenvalue weighted by Crippen LogP contribution is 2.35. The average Bonchev–Trinajstić information content (AvgIpc) is 2.99. The van der Waals surface area contributed by atoms with E-state index in [1.54, 1.807) is 6.92 Å². The Morgan fingerprint density at radius 3 is 2.64 bits per heavy atom. The van der Waals surface area contributed by atoms with Gasteiger partial charge in [0.05, 0.1) is 12.2 Å². The van der Waals surface area contributed by atoms with Gasteiger partial charge in [0, 0.05) is 18.0 Å². The van der Waals surface area contributed by atoms with E-state index in [0.29, 0.717) is 22.3 Å². The van der Waals surface area contributed by atoms with Gasteiger partial charge in [-0.3, -0.25) is 0 Å². The summed E-state index contributed by atoms with van der Waals surface area (Å²) in [6.45, 7) is 3.72. The highest BCUT2D eigenvalue weighted by atomic mass is 32.1. The van der Waals surface area contributed by atoms with Crippen LogP contribution < -0.4 is 10.6 Å². The van der Waals surface area contributed by atoms with Gasteiger partial charge in [-0.2, -0.15) is 0 Å². The topological polar surface area (TPSA) is 53.6 Å². The molecule has 0 aliphatic rings. The van der Waals surface area contributed by atoms with Gasteiger partial charge in [-0.1, -0.05) is 30.3 Å². The molecule has 2 aromatic rings. The zero-order valence-corrected chi connectivity index (χ0v) is 16.3. The lowest BCUT2D eigenvalue weighted by atomic mass is 10.1. The third-order valence-electron chi connectivity index (χ3n) is 3.36. The zero-order valence-electron chi connectivity index (χ0n) is 14.7. The monoisotopic (exact) mass is 377 g/mol. The smallest absolute Gasteiger partial charge is 0.341 e. The van der Waals surface area contributed by atoms with Crippen LogP contribution in [0.5, 0.6) is 0 Å². The standard InChI is InChI=1S/C18H23N3O2S2/c1-4-23-17(22)14-12-15(13-8-6-5-7-9-13)25-16(14)20-18(24)19-10-11-21(2)3/h5-9,12H,4,10-11H2,1-3H3,(H2,19,20,24). The molecule has 0 atom stereocenters. The number of esters is 1. The van der Waals surface area contributed by atoms with Gasteiger partial charge in [-0.25, -0.2) is 4.79 Å². The Labute approximate surface area is 158 Å². The van der Waals surface area contributed by atoms with E-state index in [-0.39, 0.29) is 5.97 Å². The first-order valence-electron chi connectivity index (χ1n) is 8.07.